The van der Waals surface area contributed by atoms with E-state index in [1.165, 1.54) is 11.3 Å². The van der Waals surface area contributed by atoms with Gasteiger partial charge < -0.3 is 5.32 Å². The van der Waals surface area contributed by atoms with E-state index in [0.29, 0.717) is 11.7 Å². The summed E-state index contributed by atoms with van der Waals surface area (Å²) in [6, 6.07) is 3.65. The van der Waals surface area contributed by atoms with Crippen LogP contribution in [0.2, 0.25) is 0 Å². The first-order chi connectivity index (χ1) is 10.8. The van der Waals surface area contributed by atoms with Gasteiger partial charge in [-0.1, -0.05) is 0 Å². The van der Waals surface area contributed by atoms with Crippen LogP contribution in [0.25, 0.3) is 17.2 Å². The topological polar surface area (TPSA) is 80.9 Å². The molecule has 0 aliphatic carbocycles. The van der Waals surface area contributed by atoms with Crippen LogP contribution in [0.5, 0.6) is 0 Å². The van der Waals surface area contributed by atoms with E-state index in [4.69, 9.17) is 0 Å². The number of aromatic nitrogens is 6. The maximum atomic E-state index is 4.60. The molecule has 4 aromatic rings. The van der Waals surface area contributed by atoms with E-state index < -0.39 is 0 Å². The van der Waals surface area contributed by atoms with Gasteiger partial charge in [-0.25, -0.2) is 24.9 Å². The Kier molecular flexibility index (Phi) is 3.01. The number of imidazole rings is 1. The highest BCUT2D eigenvalue weighted by Crippen LogP contribution is 2.28. The number of rotatable bonds is 3. The molecule has 0 aliphatic heterocycles. The van der Waals surface area contributed by atoms with Gasteiger partial charge in [0.05, 0.1) is 11.4 Å². The normalized spacial score (nSPS) is 11.0. The van der Waals surface area contributed by atoms with Crippen LogP contribution in [-0.2, 0) is 0 Å². The van der Waals surface area contributed by atoms with Crippen molar-refractivity contribution in [1.29, 1.82) is 0 Å². The predicted octanol–water partition coefficient (Wildman–Crippen LogP) is 2.69. The van der Waals surface area contributed by atoms with Crippen LogP contribution < -0.4 is 5.32 Å². The number of thiazole rings is 1. The van der Waals surface area contributed by atoms with Crippen LogP contribution in [0.4, 0.5) is 11.1 Å². The van der Waals surface area contributed by atoms with E-state index in [1.807, 2.05) is 29.0 Å². The van der Waals surface area contributed by atoms with E-state index in [9.17, 15) is 0 Å². The molecule has 4 heterocycles. The van der Waals surface area contributed by atoms with E-state index in [0.717, 1.165) is 22.2 Å². The van der Waals surface area contributed by atoms with Gasteiger partial charge in [-0.3, -0.25) is 4.40 Å². The summed E-state index contributed by atoms with van der Waals surface area (Å²) < 4.78 is 1.94. The van der Waals surface area contributed by atoms with Gasteiger partial charge in [-0.15, -0.1) is 11.3 Å². The second-order valence-corrected chi connectivity index (χ2v) is 5.43. The first-order valence-corrected chi connectivity index (χ1v) is 7.49. The fraction of sp³-hybridized carbons (Fsp3) is 0.0714. The van der Waals surface area contributed by atoms with Crippen molar-refractivity contribution >= 4 is 28.2 Å². The molecule has 4 aromatic heterocycles. The summed E-state index contributed by atoms with van der Waals surface area (Å²) in [7, 11) is 0. The lowest BCUT2D eigenvalue weighted by Crippen LogP contribution is -1.95. The van der Waals surface area contributed by atoms with Crippen LogP contribution in [0, 0.1) is 6.92 Å². The summed E-state index contributed by atoms with van der Waals surface area (Å²) in [5.74, 6) is 1.20. The lowest BCUT2D eigenvalue weighted by molar-refractivity contribution is 1.10. The molecule has 0 amide bonds. The Morgan fingerprint density at radius 2 is 1.86 bits per heavy atom. The Bertz CT molecular complexity index is 929. The molecule has 1 N–H and O–H groups in total. The molecule has 108 valence electrons. The Morgan fingerprint density at radius 1 is 1.05 bits per heavy atom. The van der Waals surface area contributed by atoms with Crippen LogP contribution in [0.3, 0.4) is 0 Å². The van der Waals surface area contributed by atoms with Gasteiger partial charge in [0, 0.05) is 30.2 Å². The van der Waals surface area contributed by atoms with E-state index in [1.54, 1.807) is 24.7 Å². The van der Waals surface area contributed by atoms with Gasteiger partial charge in [-0.2, -0.15) is 0 Å². The molecule has 8 heteroatoms. The van der Waals surface area contributed by atoms with Crippen molar-refractivity contribution in [1.82, 2.24) is 29.3 Å². The van der Waals surface area contributed by atoms with E-state index >= 15 is 0 Å². The molecule has 0 saturated carbocycles. The molecule has 0 bridgehead atoms. The van der Waals surface area contributed by atoms with Crippen LogP contribution in [-0.4, -0.2) is 29.3 Å². The highest BCUT2D eigenvalue weighted by molar-refractivity contribution is 7.14. The van der Waals surface area contributed by atoms with Crippen LogP contribution in [0.1, 0.15) is 5.69 Å². The Labute approximate surface area is 129 Å². The minimum absolute atomic E-state index is 0.528. The Hall–Kier alpha value is -2.87. The van der Waals surface area contributed by atoms with Gasteiger partial charge in [0.1, 0.15) is 5.69 Å². The van der Waals surface area contributed by atoms with Crippen molar-refractivity contribution in [2.24, 2.45) is 0 Å². The molecule has 0 fully saturated rings. The highest BCUT2D eigenvalue weighted by Gasteiger charge is 2.14. The zero-order chi connectivity index (χ0) is 14.9. The second kappa shape index (κ2) is 5.15. The number of hydrogen-bond acceptors (Lipinski definition) is 7. The smallest absolute Gasteiger partial charge is 0.234 e. The monoisotopic (exact) mass is 309 g/mol. The number of nitrogens with one attached hydrogen (secondary N) is 1. The third-order valence-electron chi connectivity index (χ3n) is 3.11. The van der Waals surface area contributed by atoms with Crippen molar-refractivity contribution in [3.63, 3.8) is 0 Å². The Balaban J connectivity index is 1.73. The quantitative estimate of drug-likeness (QED) is 0.626. The van der Waals surface area contributed by atoms with Gasteiger partial charge >= 0.3 is 0 Å². The zero-order valence-electron chi connectivity index (χ0n) is 11.6. The van der Waals surface area contributed by atoms with E-state index in [-0.39, 0.29) is 0 Å². The first-order valence-electron chi connectivity index (χ1n) is 6.61. The molecule has 4 rings (SSSR count). The largest absolute Gasteiger partial charge is 0.300 e. The van der Waals surface area contributed by atoms with Crippen molar-refractivity contribution in [3.05, 3.63) is 48.0 Å². The predicted molar refractivity (Wildman–Crippen MR) is 84.1 cm³/mol. The van der Waals surface area contributed by atoms with Crippen molar-refractivity contribution in [2.75, 3.05) is 5.32 Å². The summed E-state index contributed by atoms with van der Waals surface area (Å²) in [6.45, 7) is 1.96. The SMILES string of the molecule is Cc1nc2ncccn2c1-c1csc(Nc2ncccn2)n1. The van der Waals surface area contributed by atoms with Crippen molar-refractivity contribution in [2.45, 2.75) is 6.92 Å². The van der Waals surface area contributed by atoms with Gasteiger partial charge in [0.25, 0.3) is 0 Å². The fourth-order valence-electron chi connectivity index (χ4n) is 2.21. The molecular formula is C14H11N7S. The third-order valence-corrected chi connectivity index (χ3v) is 3.87. The average Bonchev–Trinajstić information content (AvgIpc) is 3.11. The van der Waals surface area contributed by atoms with E-state index in [2.05, 4.69) is 30.2 Å². The molecule has 0 radical (unpaired) electrons. The zero-order valence-corrected chi connectivity index (χ0v) is 12.4. The summed E-state index contributed by atoms with van der Waals surface area (Å²) in [5, 5.41) is 5.81. The fourth-order valence-corrected chi connectivity index (χ4v) is 2.89. The lowest BCUT2D eigenvalue weighted by atomic mass is 10.3. The van der Waals surface area contributed by atoms with Gasteiger partial charge in [0.15, 0.2) is 5.13 Å². The molecule has 0 saturated heterocycles. The second-order valence-electron chi connectivity index (χ2n) is 4.57. The lowest BCUT2D eigenvalue weighted by Gasteiger charge is -1.99. The summed E-state index contributed by atoms with van der Waals surface area (Å²) in [5.41, 5.74) is 2.69. The summed E-state index contributed by atoms with van der Waals surface area (Å²) in [4.78, 5) is 21.6. The number of hydrogen-bond donors (Lipinski definition) is 1. The van der Waals surface area contributed by atoms with Gasteiger partial charge in [-0.05, 0) is 19.1 Å². The molecule has 0 aliphatic rings. The summed E-state index contributed by atoms with van der Waals surface area (Å²) >= 11 is 1.50. The first kappa shape index (κ1) is 12.8. The molecule has 0 unspecified atom stereocenters. The molecule has 22 heavy (non-hydrogen) atoms. The number of fused-ring (bicyclic) bond motifs is 1. The van der Waals surface area contributed by atoms with Gasteiger partial charge in [0.2, 0.25) is 11.7 Å². The van der Waals surface area contributed by atoms with Crippen molar-refractivity contribution in [3.8, 4) is 11.4 Å². The molecule has 0 aromatic carbocycles. The van der Waals surface area contributed by atoms with Crippen LogP contribution in [0.15, 0.2) is 42.3 Å². The Morgan fingerprint density at radius 3 is 2.73 bits per heavy atom. The molecule has 0 atom stereocenters. The maximum Gasteiger partial charge on any atom is 0.234 e. The minimum Gasteiger partial charge on any atom is -0.300 e. The third kappa shape index (κ3) is 2.19. The molecule has 0 spiro atoms. The van der Waals surface area contributed by atoms with Crippen molar-refractivity contribution < 1.29 is 0 Å². The molecular weight excluding hydrogens is 298 g/mol. The number of aryl methyl sites for hydroxylation is 1. The van der Waals surface area contributed by atoms with Crippen LogP contribution >= 0.6 is 11.3 Å². The average molecular weight is 309 g/mol. The standard InChI is InChI=1S/C14H11N7S/c1-9-11(21-7-3-6-17-13(21)18-9)10-8-22-14(19-10)20-12-15-4-2-5-16-12/h2-8H,1H3,(H,15,16,19,20). The summed E-state index contributed by atoms with van der Waals surface area (Å²) in [6.07, 6.45) is 7.03. The number of nitrogens with zero attached hydrogens (tertiary/aromatic N) is 6. The number of anilines is 2. The maximum absolute atomic E-state index is 4.60. The highest BCUT2D eigenvalue weighted by atomic mass is 32.1. The minimum atomic E-state index is 0.528. The molecule has 7 nitrogen and oxygen atoms in total.